The third kappa shape index (κ3) is 50.5. The van der Waals surface area contributed by atoms with Gasteiger partial charge in [-0.1, -0.05) is 189 Å². The van der Waals surface area contributed by atoms with Crippen molar-refractivity contribution in [3.8, 4) is 0 Å². The number of ether oxygens (including phenoxy) is 2. The molecular weight excluding hydrogens is 806 g/mol. The summed E-state index contributed by atoms with van der Waals surface area (Å²) in [6.45, 7) is 5.34. The summed E-state index contributed by atoms with van der Waals surface area (Å²) < 4.78 is 35.0. The lowest BCUT2D eigenvalue weighted by Gasteiger charge is -2.24. The van der Waals surface area contributed by atoms with Crippen LogP contribution in [0.5, 0.6) is 0 Å². The van der Waals surface area contributed by atoms with E-state index in [4.69, 9.17) is 18.5 Å². The molecule has 0 spiro atoms. The number of carbonyl (C=O) groups excluding carboxylic acids is 1. The Hall–Kier alpha value is -2.32. The van der Waals surface area contributed by atoms with E-state index in [-0.39, 0.29) is 25.8 Å². The molecule has 2 atom stereocenters. The van der Waals surface area contributed by atoms with E-state index in [1.54, 1.807) is 0 Å². The molecule has 0 aromatic rings. The molecule has 0 amide bonds. The molecule has 0 bridgehead atoms. The summed E-state index contributed by atoms with van der Waals surface area (Å²) in [6, 6.07) is 0. The smallest absolute Gasteiger partial charge is 0.457 e. The topological polar surface area (TPSA) is 91.3 Å². The van der Waals surface area contributed by atoms with Crippen molar-refractivity contribution in [1.82, 2.24) is 0 Å². The number of nitrogens with zero attached hydrogens (tertiary/aromatic N) is 1. The Bertz CT molecular complexity index is 1280. The molecule has 63 heavy (non-hydrogen) atoms. The van der Waals surface area contributed by atoms with Gasteiger partial charge in [-0.25, -0.2) is 4.57 Å². The Balaban J connectivity index is 4.27. The van der Waals surface area contributed by atoms with E-state index < -0.39 is 13.9 Å². The molecule has 0 aliphatic heterocycles. The van der Waals surface area contributed by atoms with Crippen LogP contribution in [0.3, 0.4) is 0 Å². The van der Waals surface area contributed by atoms with E-state index in [0.717, 1.165) is 70.6 Å². The summed E-state index contributed by atoms with van der Waals surface area (Å²) in [5, 5.41) is 0. The molecular formula is C54H97NO7P+. The van der Waals surface area contributed by atoms with Gasteiger partial charge in [-0.3, -0.25) is 13.8 Å². The van der Waals surface area contributed by atoms with Gasteiger partial charge in [0.15, 0.2) is 0 Å². The minimum atomic E-state index is -4.30. The highest BCUT2D eigenvalue weighted by molar-refractivity contribution is 7.47. The molecule has 0 aliphatic carbocycles. The summed E-state index contributed by atoms with van der Waals surface area (Å²) >= 11 is 0. The van der Waals surface area contributed by atoms with Crippen LogP contribution < -0.4 is 0 Å². The fourth-order valence-electron chi connectivity index (χ4n) is 6.56. The molecule has 0 saturated heterocycles. The number of rotatable bonds is 46. The van der Waals surface area contributed by atoms with Gasteiger partial charge in [-0.05, 0) is 83.5 Å². The third-order valence-corrected chi connectivity index (χ3v) is 11.4. The number of unbranched alkanes of at least 4 members (excludes halogenated alkanes) is 18. The number of allylic oxidation sites excluding steroid dienone is 14. The first kappa shape index (κ1) is 60.7. The van der Waals surface area contributed by atoms with Gasteiger partial charge in [0, 0.05) is 13.0 Å². The van der Waals surface area contributed by atoms with Crippen LogP contribution in [0, 0.1) is 0 Å². The molecule has 1 N–H and O–H groups in total. The van der Waals surface area contributed by atoms with Gasteiger partial charge in [-0.15, -0.1) is 0 Å². The standard InChI is InChI=1S/C54H96NO7P/c1-6-8-10-12-14-16-18-20-22-24-26-28-29-31-33-35-37-39-41-43-45-47-54(56)62-53(52-61-63(57,58)60-50-48-55(3,4)5)51-59-49-46-44-42-40-38-36-34-32-30-27-25-23-21-19-17-15-13-11-9-7-2/h9,11,15,17,21,23-24,26-27,30,34,36,40,42,53H,6-8,10,12-14,16,18-20,22,25,28-29,31-33,35,37-39,41,43-52H2,1-5H3/p+1/b11-9-,17-15-,23-21-,26-24-,30-27-,36-34-,42-40-. The highest BCUT2D eigenvalue weighted by atomic mass is 31.2. The van der Waals surface area contributed by atoms with Crippen LogP contribution in [0.4, 0.5) is 0 Å². The minimum Gasteiger partial charge on any atom is -0.457 e. The van der Waals surface area contributed by atoms with Crippen molar-refractivity contribution >= 4 is 13.8 Å². The predicted octanol–water partition coefficient (Wildman–Crippen LogP) is 15.6. The van der Waals surface area contributed by atoms with Crippen LogP contribution in [0.25, 0.3) is 0 Å². The van der Waals surface area contributed by atoms with Gasteiger partial charge in [-0.2, -0.15) is 0 Å². The Labute approximate surface area is 388 Å². The van der Waals surface area contributed by atoms with Crippen molar-refractivity contribution in [2.75, 3.05) is 54.1 Å². The van der Waals surface area contributed by atoms with E-state index >= 15 is 0 Å². The zero-order valence-electron chi connectivity index (χ0n) is 41.3. The number of hydrogen-bond acceptors (Lipinski definition) is 6. The summed E-state index contributed by atoms with van der Waals surface area (Å²) in [7, 11) is 1.62. The van der Waals surface area contributed by atoms with E-state index in [0.29, 0.717) is 24.1 Å². The van der Waals surface area contributed by atoms with Gasteiger partial charge in [0.05, 0.1) is 34.4 Å². The molecule has 2 unspecified atom stereocenters. The van der Waals surface area contributed by atoms with Gasteiger partial charge in [0.2, 0.25) is 0 Å². The first-order valence-electron chi connectivity index (χ1n) is 25.3. The number of phosphoric ester groups is 1. The van der Waals surface area contributed by atoms with E-state index in [9.17, 15) is 14.3 Å². The number of phosphoric acid groups is 1. The third-order valence-electron chi connectivity index (χ3n) is 10.4. The van der Waals surface area contributed by atoms with Crippen LogP contribution in [-0.2, 0) is 27.9 Å². The zero-order valence-corrected chi connectivity index (χ0v) is 42.2. The first-order valence-corrected chi connectivity index (χ1v) is 26.8. The molecule has 0 aromatic carbocycles. The fraction of sp³-hybridized carbons (Fsp3) is 0.722. The largest absolute Gasteiger partial charge is 0.472 e. The van der Waals surface area contributed by atoms with Crippen molar-refractivity contribution < 1.29 is 37.3 Å². The summed E-state index contributed by atoms with van der Waals surface area (Å²) in [6.07, 6.45) is 62.1. The van der Waals surface area contributed by atoms with Crippen molar-refractivity contribution in [2.45, 2.75) is 200 Å². The van der Waals surface area contributed by atoms with Crippen LogP contribution in [-0.4, -0.2) is 75.6 Å². The Morgan fingerprint density at radius 3 is 1.40 bits per heavy atom. The lowest BCUT2D eigenvalue weighted by molar-refractivity contribution is -0.870. The van der Waals surface area contributed by atoms with E-state index in [1.165, 1.54) is 103 Å². The van der Waals surface area contributed by atoms with Crippen LogP contribution in [0.2, 0.25) is 0 Å². The highest BCUT2D eigenvalue weighted by Crippen LogP contribution is 2.43. The molecule has 0 fully saturated rings. The second-order valence-electron chi connectivity index (χ2n) is 17.8. The second kappa shape index (κ2) is 46.2. The number of esters is 1. The Morgan fingerprint density at radius 2 is 0.921 bits per heavy atom. The average Bonchev–Trinajstić information content (AvgIpc) is 3.24. The maximum atomic E-state index is 12.8. The zero-order chi connectivity index (χ0) is 46.2. The first-order chi connectivity index (χ1) is 30.6. The van der Waals surface area contributed by atoms with E-state index in [1.807, 2.05) is 21.1 Å². The molecule has 364 valence electrons. The predicted molar refractivity (Wildman–Crippen MR) is 270 cm³/mol. The van der Waals surface area contributed by atoms with Crippen LogP contribution in [0.15, 0.2) is 85.1 Å². The quantitative estimate of drug-likeness (QED) is 0.0214. The molecule has 0 heterocycles. The number of hydrogen-bond donors (Lipinski definition) is 1. The number of quaternary nitrogens is 1. The number of likely N-dealkylation sites (N-methyl/N-ethyl adjacent to an activating group) is 1. The van der Waals surface area contributed by atoms with Gasteiger partial charge >= 0.3 is 13.8 Å². The molecule has 9 heteroatoms. The van der Waals surface area contributed by atoms with Gasteiger partial charge < -0.3 is 18.9 Å². The fourth-order valence-corrected chi connectivity index (χ4v) is 7.31. The molecule has 0 saturated carbocycles. The van der Waals surface area contributed by atoms with Gasteiger partial charge in [0.25, 0.3) is 0 Å². The molecule has 8 nitrogen and oxygen atoms in total. The molecule has 0 aliphatic rings. The Kier molecular flexibility index (Phi) is 44.5. The second-order valence-corrected chi connectivity index (χ2v) is 19.3. The van der Waals surface area contributed by atoms with E-state index in [2.05, 4.69) is 98.9 Å². The Morgan fingerprint density at radius 1 is 0.508 bits per heavy atom. The van der Waals surface area contributed by atoms with Crippen molar-refractivity contribution in [1.29, 1.82) is 0 Å². The van der Waals surface area contributed by atoms with Crippen molar-refractivity contribution in [3.63, 3.8) is 0 Å². The normalized spacial score (nSPS) is 14.3. The van der Waals surface area contributed by atoms with Crippen LogP contribution in [0.1, 0.15) is 194 Å². The molecule has 0 aromatic heterocycles. The maximum absolute atomic E-state index is 12.8. The minimum absolute atomic E-state index is 0.0733. The summed E-state index contributed by atoms with van der Waals surface area (Å²) in [4.78, 5) is 23.0. The van der Waals surface area contributed by atoms with Crippen LogP contribution >= 0.6 is 7.82 Å². The monoisotopic (exact) mass is 903 g/mol. The SMILES string of the molecule is CC/C=C\C/C=C\C/C=C\C/C=C\C/C=C\C/C=C\CCCOCC(COP(=O)(O)OCC[N+](C)(C)C)OC(=O)CCCCCCCCCCC/C=C\CCCCCCCCCC. The van der Waals surface area contributed by atoms with Gasteiger partial charge in [0.1, 0.15) is 19.3 Å². The number of carbonyl (C=O) groups is 1. The summed E-state index contributed by atoms with van der Waals surface area (Å²) in [5.41, 5.74) is 0. The molecule has 0 radical (unpaired) electrons. The maximum Gasteiger partial charge on any atom is 0.472 e. The lowest BCUT2D eigenvalue weighted by atomic mass is 10.1. The molecule has 0 rings (SSSR count). The lowest BCUT2D eigenvalue weighted by Crippen LogP contribution is -2.37. The van der Waals surface area contributed by atoms with Crippen molar-refractivity contribution in [2.24, 2.45) is 0 Å². The average molecular weight is 903 g/mol. The van der Waals surface area contributed by atoms with Crippen molar-refractivity contribution in [3.05, 3.63) is 85.1 Å². The summed E-state index contributed by atoms with van der Waals surface area (Å²) in [5.74, 6) is -0.337. The highest BCUT2D eigenvalue weighted by Gasteiger charge is 2.26.